The molecule has 0 heterocycles. The van der Waals surface area contributed by atoms with Gasteiger partial charge in [0.15, 0.2) is 5.75 Å². The highest BCUT2D eigenvalue weighted by molar-refractivity contribution is 6.31. The maximum absolute atomic E-state index is 12.5. The van der Waals surface area contributed by atoms with Crippen LogP contribution < -0.4 is 10.1 Å². The number of amides is 1. The molecule has 7 heteroatoms. The Morgan fingerprint density at radius 3 is 2.42 bits per heavy atom. The summed E-state index contributed by atoms with van der Waals surface area (Å²) in [6, 6.07) is 19.8. The third-order valence-corrected chi connectivity index (χ3v) is 3.74. The molecule has 26 heavy (non-hydrogen) atoms. The molecular weight excluding hydrogens is 356 g/mol. The molecule has 6 nitrogen and oxygen atoms in total. The lowest BCUT2D eigenvalue weighted by atomic mass is 10.1. The molecule has 0 unspecified atom stereocenters. The number of benzene rings is 3. The predicted molar refractivity (Wildman–Crippen MR) is 99.0 cm³/mol. The monoisotopic (exact) mass is 368 g/mol. The van der Waals surface area contributed by atoms with Crippen molar-refractivity contribution in [2.75, 3.05) is 5.32 Å². The number of para-hydroxylation sites is 3. The number of carbonyl (C=O) groups is 1. The first kappa shape index (κ1) is 17.4. The highest BCUT2D eigenvalue weighted by Crippen LogP contribution is 2.30. The summed E-state index contributed by atoms with van der Waals surface area (Å²) in [5, 5.41) is 14.0. The van der Waals surface area contributed by atoms with Gasteiger partial charge in [0, 0.05) is 11.1 Å². The van der Waals surface area contributed by atoms with E-state index in [4.69, 9.17) is 16.3 Å². The molecule has 0 bridgehead atoms. The number of hydrogen-bond donors (Lipinski definition) is 1. The molecule has 0 aliphatic carbocycles. The number of nitrogens with one attached hydrogen (secondary N) is 1. The second-order valence-electron chi connectivity index (χ2n) is 5.28. The summed E-state index contributed by atoms with van der Waals surface area (Å²) in [4.78, 5) is 23.1. The van der Waals surface area contributed by atoms with Gasteiger partial charge in [-0.3, -0.25) is 14.9 Å². The average Bonchev–Trinajstić information content (AvgIpc) is 2.64. The molecule has 0 fully saturated rings. The summed E-state index contributed by atoms with van der Waals surface area (Å²) in [5.74, 6) is 0.396. The Bertz CT molecular complexity index is 961. The molecule has 1 amide bonds. The van der Waals surface area contributed by atoms with Gasteiger partial charge in [-0.2, -0.15) is 0 Å². The number of ether oxygens (including phenoxy) is 1. The van der Waals surface area contributed by atoms with Gasteiger partial charge in [-0.1, -0.05) is 41.9 Å². The fraction of sp³-hybridized carbons (Fsp3) is 0. The van der Waals surface area contributed by atoms with E-state index in [1.165, 1.54) is 12.1 Å². The standard InChI is InChI=1S/C19H13ClN2O4/c20-13-10-11-15(17(12-13)22(24)25)19(23)21-16-8-4-5-9-18(16)26-14-6-2-1-3-7-14/h1-12H,(H,21,23). The van der Waals surface area contributed by atoms with E-state index in [-0.39, 0.29) is 16.3 Å². The Morgan fingerprint density at radius 1 is 1.00 bits per heavy atom. The zero-order chi connectivity index (χ0) is 18.5. The first-order valence-corrected chi connectivity index (χ1v) is 7.99. The Balaban J connectivity index is 1.88. The SMILES string of the molecule is O=C(Nc1ccccc1Oc1ccccc1)c1ccc(Cl)cc1[N+](=O)[O-]. The molecule has 130 valence electrons. The van der Waals surface area contributed by atoms with Gasteiger partial charge in [-0.25, -0.2) is 0 Å². The maximum Gasteiger partial charge on any atom is 0.283 e. The predicted octanol–water partition coefficient (Wildman–Crippen LogP) is 5.29. The Morgan fingerprint density at radius 2 is 1.69 bits per heavy atom. The normalized spacial score (nSPS) is 10.2. The molecule has 0 aromatic heterocycles. The van der Waals surface area contributed by atoms with Crippen LogP contribution in [0, 0.1) is 10.1 Å². The van der Waals surface area contributed by atoms with Crippen LogP contribution in [0.15, 0.2) is 72.8 Å². The minimum Gasteiger partial charge on any atom is -0.455 e. The molecule has 3 aromatic rings. The second kappa shape index (κ2) is 7.67. The molecular formula is C19H13ClN2O4. The van der Waals surface area contributed by atoms with Crippen molar-refractivity contribution in [3.05, 3.63) is 93.5 Å². The summed E-state index contributed by atoms with van der Waals surface area (Å²) in [6.45, 7) is 0. The van der Waals surface area contributed by atoms with E-state index < -0.39 is 10.8 Å². The van der Waals surface area contributed by atoms with Crippen LogP contribution in [0.3, 0.4) is 0 Å². The molecule has 0 saturated carbocycles. The van der Waals surface area contributed by atoms with Crippen LogP contribution in [0.25, 0.3) is 0 Å². The molecule has 0 aliphatic heterocycles. The van der Waals surface area contributed by atoms with E-state index in [1.807, 2.05) is 18.2 Å². The lowest BCUT2D eigenvalue weighted by molar-refractivity contribution is -0.385. The highest BCUT2D eigenvalue weighted by atomic mass is 35.5. The van der Waals surface area contributed by atoms with Gasteiger partial charge < -0.3 is 10.1 Å². The lowest BCUT2D eigenvalue weighted by Gasteiger charge is -2.12. The van der Waals surface area contributed by atoms with E-state index in [0.29, 0.717) is 17.2 Å². The lowest BCUT2D eigenvalue weighted by Crippen LogP contribution is -2.14. The molecule has 0 saturated heterocycles. The third kappa shape index (κ3) is 3.99. The zero-order valence-corrected chi connectivity index (χ0v) is 14.1. The quantitative estimate of drug-likeness (QED) is 0.489. The van der Waals surface area contributed by atoms with Crippen molar-refractivity contribution in [3.8, 4) is 11.5 Å². The van der Waals surface area contributed by atoms with Crippen LogP contribution in [0.1, 0.15) is 10.4 Å². The number of rotatable bonds is 5. The zero-order valence-electron chi connectivity index (χ0n) is 13.4. The van der Waals surface area contributed by atoms with Crippen molar-refractivity contribution in [3.63, 3.8) is 0 Å². The van der Waals surface area contributed by atoms with E-state index in [1.54, 1.807) is 36.4 Å². The molecule has 0 spiro atoms. The number of hydrogen-bond acceptors (Lipinski definition) is 4. The smallest absolute Gasteiger partial charge is 0.283 e. The van der Waals surface area contributed by atoms with Crippen LogP contribution in [0.5, 0.6) is 11.5 Å². The third-order valence-electron chi connectivity index (χ3n) is 3.51. The molecule has 0 atom stereocenters. The number of nitrogens with zero attached hydrogens (tertiary/aromatic N) is 1. The van der Waals surface area contributed by atoms with Gasteiger partial charge >= 0.3 is 0 Å². The number of nitro groups is 1. The molecule has 3 aromatic carbocycles. The van der Waals surface area contributed by atoms with Gasteiger partial charge in [0.25, 0.3) is 11.6 Å². The molecule has 0 radical (unpaired) electrons. The van der Waals surface area contributed by atoms with Crippen LogP contribution in [-0.4, -0.2) is 10.8 Å². The van der Waals surface area contributed by atoms with E-state index in [9.17, 15) is 14.9 Å². The summed E-state index contributed by atoms with van der Waals surface area (Å²) >= 11 is 5.79. The molecule has 1 N–H and O–H groups in total. The number of anilines is 1. The van der Waals surface area contributed by atoms with Gasteiger partial charge in [0.05, 0.1) is 10.6 Å². The highest BCUT2D eigenvalue weighted by Gasteiger charge is 2.21. The first-order chi connectivity index (χ1) is 12.5. The van der Waals surface area contributed by atoms with Gasteiger partial charge in [-0.15, -0.1) is 0 Å². The summed E-state index contributed by atoms with van der Waals surface area (Å²) < 4.78 is 5.77. The van der Waals surface area contributed by atoms with Gasteiger partial charge in [0.1, 0.15) is 11.3 Å². The Kier molecular flexibility index (Phi) is 5.15. The Hall–Kier alpha value is -3.38. The summed E-state index contributed by atoms with van der Waals surface area (Å²) in [7, 11) is 0. The van der Waals surface area contributed by atoms with Crippen LogP contribution >= 0.6 is 11.6 Å². The van der Waals surface area contributed by atoms with Crippen molar-refractivity contribution in [1.82, 2.24) is 0 Å². The fourth-order valence-corrected chi connectivity index (χ4v) is 2.48. The fourth-order valence-electron chi connectivity index (χ4n) is 2.31. The number of nitro benzene ring substituents is 1. The van der Waals surface area contributed by atoms with E-state index in [0.717, 1.165) is 6.07 Å². The maximum atomic E-state index is 12.5. The van der Waals surface area contributed by atoms with E-state index in [2.05, 4.69) is 5.32 Å². The van der Waals surface area contributed by atoms with Crippen molar-refractivity contribution in [2.24, 2.45) is 0 Å². The average molecular weight is 369 g/mol. The van der Waals surface area contributed by atoms with Crippen molar-refractivity contribution >= 4 is 28.9 Å². The molecule has 3 rings (SSSR count). The second-order valence-corrected chi connectivity index (χ2v) is 5.72. The minimum atomic E-state index is -0.646. The van der Waals surface area contributed by atoms with E-state index >= 15 is 0 Å². The largest absolute Gasteiger partial charge is 0.455 e. The minimum absolute atomic E-state index is 0.0890. The summed E-state index contributed by atoms with van der Waals surface area (Å²) in [5.41, 5.74) is -0.0593. The molecule has 0 aliphatic rings. The summed E-state index contributed by atoms with van der Waals surface area (Å²) in [6.07, 6.45) is 0. The van der Waals surface area contributed by atoms with Crippen molar-refractivity contribution < 1.29 is 14.5 Å². The van der Waals surface area contributed by atoms with Crippen LogP contribution in [-0.2, 0) is 0 Å². The number of halogens is 1. The van der Waals surface area contributed by atoms with Crippen LogP contribution in [0.2, 0.25) is 5.02 Å². The van der Waals surface area contributed by atoms with Crippen LogP contribution in [0.4, 0.5) is 11.4 Å². The van der Waals surface area contributed by atoms with Crippen molar-refractivity contribution in [1.29, 1.82) is 0 Å². The van der Waals surface area contributed by atoms with Gasteiger partial charge in [-0.05, 0) is 36.4 Å². The van der Waals surface area contributed by atoms with Gasteiger partial charge in [0.2, 0.25) is 0 Å². The number of carbonyl (C=O) groups excluding carboxylic acids is 1. The van der Waals surface area contributed by atoms with Crippen molar-refractivity contribution in [2.45, 2.75) is 0 Å². The topological polar surface area (TPSA) is 81.5 Å². The Labute approximate surface area is 154 Å². The first-order valence-electron chi connectivity index (χ1n) is 7.62.